The van der Waals surface area contributed by atoms with Gasteiger partial charge in [-0.15, -0.1) is 0 Å². The summed E-state index contributed by atoms with van der Waals surface area (Å²) >= 11 is 0. The predicted octanol–water partition coefficient (Wildman–Crippen LogP) is 2.39. The van der Waals surface area contributed by atoms with Gasteiger partial charge in [0.05, 0.1) is 12.2 Å². The van der Waals surface area contributed by atoms with Crippen LogP contribution in [-0.4, -0.2) is 85.5 Å². The fourth-order valence-corrected chi connectivity index (χ4v) is 10.2. The third-order valence-corrected chi connectivity index (χ3v) is 12.3. The Morgan fingerprint density at radius 3 is 2.25 bits per heavy atom. The van der Waals surface area contributed by atoms with E-state index in [0.717, 1.165) is 32.1 Å². The van der Waals surface area contributed by atoms with E-state index in [-0.39, 0.29) is 35.2 Å². The van der Waals surface area contributed by atoms with E-state index in [1.54, 1.807) is 0 Å². The second kappa shape index (κ2) is 11.1. The highest BCUT2D eigenvalue weighted by atomic mass is 16.7. The molecule has 0 aromatic carbocycles. The van der Waals surface area contributed by atoms with Crippen molar-refractivity contribution in [2.75, 3.05) is 0 Å². The molecule has 3 unspecified atom stereocenters. The molecule has 0 amide bonds. The minimum Gasteiger partial charge on any atom is -0.481 e. The average molecular weight is 569 g/mol. The van der Waals surface area contributed by atoms with Gasteiger partial charge in [0, 0.05) is 6.42 Å². The number of aliphatic carboxylic acids is 2. The Kier molecular flexibility index (Phi) is 8.36. The van der Waals surface area contributed by atoms with Gasteiger partial charge in [-0.05, 0) is 104 Å². The average Bonchev–Trinajstić information content (AvgIpc) is 3.25. The monoisotopic (exact) mass is 568 g/mol. The molecule has 40 heavy (non-hydrogen) atoms. The quantitative estimate of drug-likeness (QED) is 0.250. The van der Waals surface area contributed by atoms with Crippen LogP contribution in [-0.2, 0) is 19.1 Å². The van der Waals surface area contributed by atoms with Gasteiger partial charge in [0.2, 0.25) is 0 Å². The van der Waals surface area contributed by atoms with Gasteiger partial charge in [0.1, 0.15) is 18.3 Å². The first kappa shape index (κ1) is 30.2. The normalized spacial score (nSPS) is 51.3. The third kappa shape index (κ3) is 5.00. The summed E-state index contributed by atoms with van der Waals surface area (Å²) in [6, 6.07) is 0. The lowest BCUT2D eigenvalue weighted by Crippen LogP contribution is -2.61. The summed E-state index contributed by atoms with van der Waals surface area (Å²) in [6.07, 6.45) is -0.687. The summed E-state index contributed by atoms with van der Waals surface area (Å²) in [5.41, 5.74) is 0.146. The van der Waals surface area contributed by atoms with Crippen molar-refractivity contribution in [3.05, 3.63) is 0 Å². The molecule has 15 atom stereocenters. The van der Waals surface area contributed by atoms with E-state index in [2.05, 4.69) is 20.8 Å². The van der Waals surface area contributed by atoms with Gasteiger partial charge in [-0.3, -0.25) is 4.79 Å². The van der Waals surface area contributed by atoms with Crippen LogP contribution in [0.1, 0.15) is 85.0 Å². The van der Waals surface area contributed by atoms with Crippen molar-refractivity contribution in [1.29, 1.82) is 0 Å². The molecular weight excluding hydrogens is 520 g/mol. The molecule has 5 aliphatic rings. The van der Waals surface area contributed by atoms with E-state index in [4.69, 9.17) is 9.47 Å². The van der Waals surface area contributed by atoms with E-state index in [0.29, 0.717) is 49.4 Å². The zero-order chi connectivity index (χ0) is 29.1. The lowest BCUT2D eigenvalue weighted by atomic mass is 9.43. The first-order valence-corrected chi connectivity index (χ1v) is 15.3. The van der Waals surface area contributed by atoms with Gasteiger partial charge in [-0.2, -0.15) is 0 Å². The van der Waals surface area contributed by atoms with Crippen LogP contribution < -0.4 is 0 Å². The second-order valence-corrected chi connectivity index (χ2v) is 14.2. The molecule has 5 rings (SSSR count). The summed E-state index contributed by atoms with van der Waals surface area (Å²) in [7, 11) is 0. The highest BCUT2D eigenvalue weighted by Crippen LogP contribution is 2.68. The molecule has 0 radical (unpaired) electrons. The molecule has 1 heterocycles. The smallest absolute Gasteiger partial charge is 0.335 e. The number of aliphatic hydroxyl groups is 4. The topological polar surface area (TPSA) is 174 Å². The van der Waals surface area contributed by atoms with Crippen molar-refractivity contribution in [2.24, 2.45) is 46.3 Å². The lowest BCUT2D eigenvalue weighted by Gasteiger charge is -2.62. The number of hydrogen-bond donors (Lipinski definition) is 6. The van der Waals surface area contributed by atoms with Gasteiger partial charge < -0.3 is 40.1 Å². The van der Waals surface area contributed by atoms with E-state index in [1.807, 2.05) is 0 Å². The van der Waals surface area contributed by atoms with E-state index in [9.17, 15) is 40.2 Å². The second-order valence-electron chi connectivity index (χ2n) is 14.2. The van der Waals surface area contributed by atoms with Gasteiger partial charge in [-0.1, -0.05) is 20.8 Å². The predicted molar refractivity (Wildman–Crippen MR) is 142 cm³/mol. The fourth-order valence-electron chi connectivity index (χ4n) is 10.2. The molecule has 6 N–H and O–H groups in total. The third-order valence-electron chi connectivity index (χ3n) is 12.3. The Morgan fingerprint density at radius 2 is 1.57 bits per heavy atom. The van der Waals surface area contributed by atoms with Crippen molar-refractivity contribution in [3.63, 3.8) is 0 Å². The van der Waals surface area contributed by atoms with Gasteiger partial charge in [0.25, 0.3) is 0 Å². The van der Waals surface area contributed by atoms with Gasteiger partial charge >= 0.3 is 11.9 Å². The van der Waals surface area contributed by atoms with Crippen LogP contribution in [0.2, 0.25) is 0 Å². The number of carboxylic acid groups (broad SMARTS) is 2. The first-order chi connectivity index (χ1) is 18.8. The van der Waals surface area contributed by atoms with Crippen LogP contribution in [0.5, 0.6) is 0 Å². The Morgan fingerprint density at radius 1 is 0.900 bits per heavy atom. The SMILES string of the molecule is CC(CCC(=O)O)[C@H]1CC[C@H]2[C@@H]3C(O)C[C@@H]4C[C@H](OC5O[C@H](C(=O)O)[C@@H](O)[C@H](O)[C@H]5O)CC[C@]4(C)[C@H]3CC[C@]12C. The molecule has 4 saturated carbocycles. The molecule has 0 aromatic rings. The lowest BCUT2D eigenvalue weighted by molar-refractivity contribution is -0.310. The molecule has 4 aliphatic carbocycles. The first-order valence-electron chi connectivity index (χ1n) is 15.3. The molecule has 1 aliphatic heterocycles. The molecule has 0 bridgehead atoms. The Hall–Kier alpha value is -1.30. The molecular formula is C30H48O10. The largest absolute Gasteiger partial charge is 0.481 e. The maximum Gasteiger partial charge on any atom is 0.335 e. The van der Waals surface area contributed by atoms with E-state index < -0.39 is 48.7 Å². The van der Waals surface area contributed by atoms with E-state index in [1.165, 1.54) is 0 Å². The molecule has 10 nitrogen and oxygen atoms in total. The summed E-state index contributed by atoms with van der Waals surface area (Å²) in [4.78, 5) is 22.7. The van der Waals surface area contributed by atoms with Crippen molar-refractivity contribution < 1.29 is 49.7 Å². The van der Waals surface area contributed by atoms with Crippen molar-refractivity contribution >= 4 is 11.9 Å². The van der Waals surface area contributed by atoms with Crippen LogP contribution in [0.3, 0.4) is 0 Å². The summed E-state index contributed by atoms with van der Waals surface area (Å²) in [6.45, 7) is 6.95. The number of rotatable bonds is 7. The summed E-state index contributed by atoms with van der Waals surface area (Å²) in [5, 5.41) is 60.8. The Labute approximate surface area is 236 Å². The van der Waals surface area contributed by atoms with Crippen molar-refractivity contribution in [3.8, 4) is 0 Å². The maximum atomic E-state index is 11.6. The highest BCUT2D eigenvalue weighted by molar-refractivity contribution is 5.73. The molecule has 10 heteroatoms. The van der Waals surface area contributed by atoms with E-state index >= 15 is 0 Å². The maximum absolute atomic E-state index is 11.6. The number of carboxylic acids is 2. The summed E-state index contributed by atoms with van der Waals surface area (Å²) < 4.78 is 11.4. The molecule has 1 saturated heterocycles. The zero-order valence-corrected chi connectivity index (χ0v) is 23.9. The number of fused-ring (bicyclic) bond motifs is 5. The number of ether oxygens (including phenoxy) is 2. The number of hydrogen-bond acceptors (Lipinski definition) is 8. The zero-order valence-electron chi connectivity index (χ0n) is 23.9. The molecule has 0 aromatic heterocycles. The fraction of sp³-hybridized carbons (Fsp3) is 0.933. The number of carbonyl (C=O) groups is 2. The van der Waals surface area contributed by atoms with Crippen LogP contribution in [0.15, 0.2) is 0 Å². The summed E-state index contributed by atoms with van der Waals surface area (Å²) in [5.74, 6) is -0.107. The van der Waals surface area contributed by atoms with Crippen LogP contribution in [0.4, 0.5) is 0 Å². The van der Waals surface area contributed by atoms with Crippen LogP contribution in [0, 0.1) is 46.3 Å². The van der Waals surface area contributed by atoms with Gasteiger partial charge in [-0.25, -0.2) is 4.79 Å². The Bertz CT molecular complexity index is 959. The molecule has 0 spiro atoms. The minimum absolute atomic E-state index is 0.0312. The minimum atomic E-state index is -1.75. The Balaban J connectivity index is 1.27. The van der Waals surface area contributed by atoms with Crippen molar-refractivity contribution in [1.82, 2.24) is 0 Å². The number of aliphatic hydroxyl groups excluding tert-OH is 4. The molecule has 5 fully saturated rings. The van der Waals surface area contributed by atoms with Crippen molar-refractivity contribution in [2.45, 2.75) is 128 Å². The van der Waals surface area contributed by atoms with Crippen LogP contribution in [0.25, 0.3) is 0 Å². The standard InChI is InChI=1S/C30H48O10/c1-14(4-7-21(32)33)17-5-6-18-22-19(9-11-30(17,18)3)29(2)10-8-16(12-15(29)13-20(22)31)39-28-25(36)23(34)24(35)26(40-28)27(37)38/h14-20,22-26,28,31,34-36H,4-13H2,1-3H3,(H,32,33)(H,37,38)/t14?,15-,16+,17+,18-,19-,20?,22-,23-,24-,25+,26-,28?,29-,30+/m0/s1. The highest BCUT2D eigenvalue weighted by Gasteiger charge is 2.63. The van der Waals surface area contributed by atoms with Crippen LogP contribution >= 0.6 is 0 Å². The molecule has 228 valence electrons. The van der Waals surface area contributed by atoms with Gasteiger partial charge in [0.15, 0.2) is 12.4 Å².